The Labute approximate surface area is 475 Å². The molecule has 0 saturated carbocycles. The summed E-state index contributed by atoms with van der Waals surface area (Å²) < 4.78 is 11.3. The van der Waals surface area contributed by atoms with Gasteiger partial charge in [0.15, 0.2) is 6.29 Å². The van der Waals surface area contributed by atoms with Gasteiger partial charge in [0.1, 0.15) is 24.4 Å². The number of carbonyl (C=O) groups excluding carboxylic acids is 1. The Balaban J connectivity index is 2.06. The van der Waals surface area contributed by atoms with E-state index in [0.29, 0.717) is 6.42 Å². The Hall–Kier alpha value is -2.11. The maximum atomic E-state index is 13.1. The van der Waals surface area contributed by atoms with Crippen LogP contribution in [-0.4, -0.2) is 87.5 Å². The van der Waals surface area contributed by atoms with E-state index in [9.17, 15) is 30.3 Å². The summed E-state index contributed by atoms with van der Waals surface area (Å²) in [5, 5.41) is 54.5. The van der Waals surface area contributed by atoms with Crippen LogP contribution in [-0.2, 0) is 14.3 Å². The van der Waals surface area contributed by atoms with Crippen molar-refractivity contribution < 1.29 is 39.8 Å². The molecule has 7 atom stereocenters. The van der Waals surface area contributed by atoms with Crippen LogP contribution in [0.25, 0.3) is 0 Å². The van der Waals surface area contributed by atoms with Crippen LogP contribution in [0.4, 0.5) is 0 Å². The maximum Gasteiger partial charge on any atom is 0.220 e. The standard InChI is InChI=1S/C68H125NO8/c1-3-5-7-9-11-13-15-17-19-20-21-22-23-24-25-26-27-28-29-30-31-32-33-34-35-36-37-38-39-40-41-42-44-46-48-50-52-54-56-58-64(72)69-61(60-76-68-67(75)66(74)65(73)63(59-70)77-68)62(71)57-55-53-51-49-47-45-43-18-16-14-12-10-8-6-4-2/h15,17,20-21,23-24,47,49,55,57,61-63,65-68,70-71,73-75H,3-14,16,18-19,22,25-46,48,50-54,56,58-60H2,1-2H3,(H,69,72)/b17-15-,21-20-,24-23-,49-47+,57-55+. The summed E-state index contributed by atoms with van der Waals surface area (Å²) in [6.07, 6.45) is 71.9. The van der Waals surface area contributed by atoms with Crippen LogP contribution in [0.3, 0.4) is 0 Å². The molecular weight excluding hydrogens is 959 g/mol. The number of hydrogen-bond acceptors (Lipinski definition) is 8. The third-order valence-electron chi connectivity index (χ3n) is 15.6. The van der Waals surface area contributed by atoms with Gasteiger partial charge in [-0.3, -0.25) is 4.79 Å². The molecule has 0 bridgehead atoms. The average molecular weight is 1080 g/mol. The minimum absolute atomic E-state index is 0.183. The molecule has 6 N–H and O–H groups in total. The molecule has 0 radical (unpaired) electrons. The second-order valence-corrected chi connectivity index (χ2v) is 22.9. The Bertz CT molecular complexity index is 1400. The quantitative estimate of drug-likeness (QED) is 0.0261. The Morgan fingerprint density at radius 1 is 0.442 bits per heavy atom. The van der Waals surface area contributed by atoms with Gasteiger partial charge >= 0.3 is 0 Å². The molecule has 1 rings (SSSR count). The van der Waals surface area contributed by atoms with E-state index in [2.05, 4.69) is 67.8 Å². The molecule has 0 spiro atoms. The number of rotatable bonds is 57. The molecule has 1 amide bonds. The van der Waals surface area contributed by atoms with Gasteiger partial charge in [0.2, 0.25) is 5.91 Å². The number of aliphatic hydroxyl groups is 5. The molecule has 0 aromatic rings. The Morgan fingerprint density at radius 3 is 1.18 bits per heavy atom. The van der Waals surface area contributed by atoms with E-state index < -0.39 is 49.5 Å². The van der Waals surface area contributed by atoms with Crippen molar-refractivity contribution in [3.63, 3.8) is 0 Å². The van der Waals surface area contributed by atoms with E-state index in [4.69, 9.17) is 9.47 Å². The van der Waals surface area contributed by atoms with Crippen molar-refractivity contribution in [2.45, 2.75) is 352 Å². The van der Waals surface area contributed by atoms with E-state index >= 15 is 0 Å². The molecule has 0 aliphatic carbocycles. The van der Waals surface area contributed by atoms with Gasteiger partial charge in [0.25, 0.3) is 0 Å². The van der Waals surface area contributed by atoms with Gasteiger partial charge in [0, 0.05) is 6.42 Å². The van der Waals surface area contributed by atoms with Crippen molar-refractivity contribution in [3.05, 3.63) is 60.8 Å². The van der Waals surface area contributed by atoms with Crippen molar-refractivity contribution in [2.24, 2.45) is 0 Å². The van der Waals surface area contributed by atoms with Crippen LogP contribution in [0, 0.1) is 0 Å². The summed E-state index contributed by atoms with van der Waals surface area (Å²) in [6.45, 7) is 3.77. The zero-order valence-electron chi connectivity index (χ0n) is 50.2. The SMILES string of the molecule is CCCCCCC/C=C\C/C=C\C/C=C\CCCCCCCCCCCCCCCCCCCCCCCCCCC(=O)NC(COC1OC(CO)C(O)C(O)C1O)C(O)/C=C/CC/C=C/CCCCCCCCCCC. The topological polar surface area (TPSA) is 149 Å². The van der Waals surface area contributed by atoms with Crippen LogP contribution >= 0.6 is 0 Å². The van der Waals surface area contributed by atoms with Gasteiger partial charge < -0.3 is 40.3 Å². The second kappa shape index (κ2) is 57.1. The molecule has 1 fully saturated rings. The third kappa shape index (κ3) is 46.2. The van der Waals surface area contributed by atoms with Gasteiger partial charge in [-0.15, -0.1) is 0 Å². The summed E-state index contributed by atoms with van der Waals surface area (Å²) in [7, 11) is 0. The van der Waals surface area contributed by atoms with Crippen molar-refractivity contribution in [2.75, 3.05) is 13.2 Å². The molecule has 9 heteroatoms. The zero-order valence-corrected chi connectivity index (χ0v) is 50.2. The lowest BCUT2D eigenvalue weighted by molar-refractivity contribution is -0.302. The number of hydrogen-bond donors (Lipinski definition) is 6. The Kier molecular flexibility index (Phi) is 54.1. The summed E-state index contributed by atoms with van der Waals surface area (Å²) in [4.78, 5) is 13.1. The molecule has 1 heterocycles. The molecule has 0 aromatic carbocycles. The van der Waals surface area contributed by atoms with E-state index in [1.54, 1.807) is 6.08 Å². The third-order valence-corrected chi connectivity index (χ3v) is 15.6. The predicted octanol–water partition coefficient (Wildman–Crippen LogP) is 17.4. The molecule has 450 valence electrons. The van der Waals surface area contributed by atoms with Crippen LogP contribution < -0.4 is 5.32 Å². The number of aliphatic hydroxyl groups excluding tert-OH is 5. The first-order valence-corrected chi connectivity index (χ1v) is 33.0. The van der Waals surface area contributed by atoms with Crippen molar-refractivity contribution in [3.8, 4) is 0 Å². The highest BCUT2D eigenvalue weighted by Crippen LogP contribution is 2.23. The molecule has 7 unspecified atom stereocenters. The molecule has 1 saturated heterocycles. The fourth-order valence-electron chi connectivity index (χ4n) is 10.4. The summed E-state index contributed by atoms with van der Waals surface area (Å²) in [5.41, 5.74) is 0. The fourth-order valence-corrected chi connectivity index (χ4v) is 10.4. The summed E-state index contributed by atoms with van der Waals surface area (Å²) in [5.74, 6) is -0.183. The Morgan fingerprint density at radius 2 is 0.779 bits per heavy atom. The maximum absolute atomic E-state index is 13.1. The van der Waals surface area contributed by atoms with E-state index in [-0.39, 0.29) is 12.5 Å². The number of nitrogens with one attached hydrogen (secondary N) is 1. The molecular formula is C68H125NO8. The van der Waals surface area contributed by atoms with Gasteiger partial charge in [0.05, 0.1) is 25.4 Å². The number of unbranched alkanes of at least 4 members (excludes halogenated alkanes) is 39. The highest BCUT2D eigenvalue weighted by molar-refractivity contribution is 5.76. The smallest absolute Gasteiger partial charge is 0.220 e. The highest BCUT2D eigenvalue weighted by Gasteiger charge is 2.44. The van der Waals surface area contributed by atoms with Crippen molar-refractivity contribution in [1.29, 1.82) is 0 Å². The number of ether oxygens (including phenoxy) is 2. The highest BCUT2D eigenvalue weighted by atomic mass is 16.7. The van der Waals surface area contributed by atoms with Crippen LogP contribution in [0.2, 0.25) is 0 Å². The number of allylic oxidation sites excluding steroid dienone is 9. The predicted molar refractivity (Wildman–Crippen MR) is 327 cm³/mol. The summed E-state index contributed by atoms with van der Waals surface area (Å²) >= 11 is 0. The van der Waals surface area contributed by atoms with Crippen LogP contribution in [0.5, 0.6) is 0 Å². The lowest BCUT2D eigenvalue weighted by Crippen LogP contribution is -2.60. The zero-order chi connectivity index (χ0) is 55.8. The van der Waals surface area contributed by atoms with E-state index in [1.807, 2.05) is 6.08 Å². The molecule has 77 heavy (non-hydrogen) atoms. The van der Waals surface area contributed by atoms with Crippen molar-refractivity contribution in [1.82, 2.24) is 5.32 Å². The average Bonchev–Trinajstić information content (AvgIpc) is 3.43. The van der Waals surface area contributed by atoms with Gasteiger partial charge in [-0.25, -0.2) is 0 Å². The van der Waals surface area contributed by atoms with Crippen LogP contribution in [0.1, 0.15) is 309 Å². The van der Waals surface area contributed by atoms with Crippen LogP contribution in [0.15, 0.2) is 60.8 Å². The van der Waals surface area contributed by atoms with Gasteiger partial charge in [-0.05, 0) is 70.6 Å². The first-order chi connectivity index (χ1) is 37.8. The molecule has 1 aliphatic rings. The van der Waals surface area contributed by atoms with Crippen molar-refractivity contribution >= 4 is 5.91 Å². The minimum atomic E-state index is -1.57. The van der Waals surface area contributed by atoms with Gasteiger partial charge in [-0.2, -0.15) is 0 Å². The monoisotopic (exact) mass is 1080 g/mol. The normalized spacial score (nSPS) is 19.1. The van der Waals surface area contributed by atoms with E-state index in [1.165, 1.54) is 238 Å². The molecule has 9 nitrogen and oxygen atoms in total. The van der Waals surface area contributed by atoms with Gasteiger partial charge in [-0.1, -0.05) is 293 Å². The minimum Gasteiger partial charge on any atom is -0.394 e. The fraction of sp³-hybridized carbons (Fsp3) is 0.838. The van der Waals surface area contributed by atoms with E-state index in [0.717, 1.165) is 51.4 Å². The lowest BCUT2D eigenvalue weighted by Gasteiger charge is -2.40. The number of carbonyl (C=O) groups is 1. The first kappa shape index (κ1) is 72.9. The summed E-state index contributed by atoms with van der Waals surface area (Å²) in [6, 6.07) is -0.821. The lowest BCUT2D eigenvalue weighted by atomic mass is 9.99. The first-order valence-electron chi connectivity index (χ1n) is 33.0. The second-order valence-electron chi connectivity index (χ2n) is 22.9. The molecule has 0 aromatic heterocycles. The molecule has 1 aliphatic heterocycles. The largest absolute Gasteiger partial charge is 0.394 e. The number of amides is 1.